The van der Waals surface area contributed by atoms with Crippen LogP contribution < -0.4 is 27.2 Å². The molecule has 5 rings (SSSR count). The lowest BCUT2D eigenvalue weighted by Crippen LogP contribution is -2.34. The third-order valence-electron chi connectivity index (χ3n) is 7.29. The Bertz CT molecular complexity index is 1950. The van der Waals surface area contributed by atoms with Crippen molar-refractivity contribution in [2.75, 3.05) is 10.6 Å². The third kappa shape index (κ3) is 10.2. The second-order valence-electron chi connectivity index (χ2n) is 12.7. The Morgan fingerprint density at radius 1 is 1.02 bits per heavy atom. The van der Waals surface area contributed by atoms with E-state index in [0.717, 1.165) is 24.0 Å². The molecular weight excluding hydrogens is 642 g/mol. The van der Waals surface area contributed by atoms with E-state index < -0.39 is 29.3 Å². The number of nitrogens with zero attached hydrogens (tertiary/aromatic N) is 3. The number of rotatable bonds is 11. The summed E-state index contributed by atoms with van der Waals surface area (Å²) in [7, 11) is 0. The number of nitrogens with two attached hydrogens (primary N) is 1. The van der Waals surface area contributed by atoms with E-state index in [1.807, 2.05) is 30.3 Å². The van der Waals surface area contributed by atoms with E-state index in [1.165, 1.54) is 22.9 Å². The highest BCUT2D eigenvalue weighted by Crippen LogP contribution is 2.29. The van der Waals surface area contributed by atoms with Gasteiger partial charge in [-0.05, 0) is 56.9 Å². The first-order valence-electron chi connectivity index (χ1n) is 15.9. The number of carbonyl (C=O) groups excluding carboxylic acids is 3. The van der Waals surface area contributed by atoms with E-state index >= 15 is 0 Å². The molecule has 14 heteroatoms. The SMILES string of the molecule is CC(C)(C)OC(=O)Nc1cc(O)cc(-c2cnc(NC3CC3)c(=O)n2CC(=O)NCc2ccc(/C(N)=N/C(=O)OCc3ccccc3)cc2)c1. The molecule has 0 radical (unpaired) electrons. The summed E-state index contributed by atoms with van der Waals surface area (Å²) in [6.45, 7) is 5.02. The number of phenols is 1. The van der Waals surface area contributed by atoms with Gasteiger partial charge in [0, 0.05) is 35.5 Å². The van der Waals surface area contributed by atoms with Crippen molar-refractivity contribution < 1.29 is 29.0 Å². The van der Waals surface area contributed by atoms with Crippen LogP contribution >= 0.6 is 0 Å². The predicted octanol–water partition coefficient (Wildman–Crippen LogP) is 4.90. The molecule has 1 fully saturated rings. The number of hydrogen-bond donors (Lipinski definition) is 5. The van der Waals surface area contributed by atoms with Crippen molar-refractivity contribution in [1.82, 2.24) is 14.9 Å². The number of nitrogens with one attached hydrogen (secondary N) is 3. The number of aromatic hydroxyl groups is 1. The van der Waals surface area contributed by atoms with Crippen LogP contribution in [0.5, 0.6) is 5.75 Å². The third-order valence-corrected chi connectivity index (χ3v) is 7.29. The monoisotopic (exact) mass is 681 g/mol. The van der Waals surface area contributed by atoms with E-state index in [4.69, 9.17) is 15.2 Å². The summed E-state index contributed by atoms with van der Waals surface area (Å²) < 4.78 is 11.7. The molecule has 1 heterocycles. The number of hydrogen-bond acceptors (Lipinski definition) is 9. The van der Waals surface area contributed by atoms with Gasteiger partial charge in [-0.1, -0.05) is 54.6 Å². The van der Waals surface area contributed by atoms with Crippen molar-refractivity contribution in [3.8, 4) is 17.0 Å². The number of benzene rings is 3. The summed E-state index contributed by atoms with van der Waals surface area (Å²) in [5.74, 6) is -0.559. The average molecular weight is 682 g/mol. The van der Waals surface area contributed by atoms with Crippen molar-refractivity contribution in [3.05, 3.63) is 106 Å². The number of aromatic nitrogens is 2. The molecule has 4 aromatic rings. The zero-order valence-electron chi connectivity index (χ0n) is 27.9. The summed E-state index contributed by atoms with van der Waals surface area (Å²) in [6.07, 6.45) is 1.71. The maximum atomic E-state index is 13.6. The molecule has 1 aliphatic rings. The maximum Gasteiger partial charge on any atom is 0.435 e. The molecule has 3 aromatic carbocycles. The van der Waals surface area contributed by atoms with Gasteiger partial charge in [0.25, 0.3) is 5.56 Å². The number of carbonyl (C=O) groups is 3. The minimum Gasteiger partial charge on any atom is -0.508 e. The minimum atomic E-state index is -0.815. The van der Waals surface area contributed by atoms with Crippen LogP contribution in [0, 0.1) is 0 Å². The molecular formula is C36H39N7O7. The van der Waals surface area contributed by atoms with Gasteiger partial charge in [-0.2, -0.15) is 4.99 Å². The van der Waals surface area contributed by atoms with Crippen LogP contribution in [-0.4, -0.2) is 50.2 Å². The van der Waals surface area contributed by atoms with E-state index in [2.05, 4.69) is 25.9 Å². The lowest BCUT2D eigenvalue weighted by Gasteiger charge is -2.20. The number of amidine groups is 1. The van der Waals surface area contributed by atoms with Crippen LogP contribution in [0.1, 0.15) is 50.3 Å². The minimum absolute atomic E-state index is 0.0183. The molecule has 0 atom stereocenters. The van der Waals surface area contributed by atoms with Gasteiger partial charge < -0.3 is 30.9 Å². The first-order chi connectivity index (χ1) is 23.8. The van der Waals surface area contributed by atoms with Crippen molar-refractivity contribution in [1.29, 1.82) is 0 Å². The largest absolute Gasteiger partial charge is 0.508 e. The van der Waals surface area contributed by atoms with Gasteiger partial charge in [0.15, 0.2) is 5.82 Å². The van der Waals surface area contributed by atoms with Gasteiger partial charge >= 0.3 is 12.2 Å². The molecule has 0 saturated heterocycles. The topological polar surface area (TPSA) is 199 Å². The Hall–Kier alpha value is -6.18. The van der Waals surface area contributed by atoms with Crippen molar-refractivity contribution >= 4 is 35.4 Å². The molecule has 14 nitrogen and oxygen atoms in total. The van der Waals surface area contributed by atoms with Crippen LogP contribution in [0.3, 0.4) is 0 Å². The number of amides is 3. The Balaban J connectivity index is 1.27. The van der Waals surface area contributed by atoms with Crippen LogP contribution in [0.25, 0.3) is 11.3 Å². The van der Waals surface area contributed by atoms with Crippen molar-refractivity contribution in [3.63, 3.8) is 0 Å². The quantitative estimate of drug-likeness (QED) is 0.107. The average Bonchev–Trinajstić information content (AvgIpc) is 3.88. The van der Waals surface area contributed by atoms with Gasteiger partial charge in [0.05, 0.1) is 11.9 Å². The van der Waals surface area contributed by atoms with Crippen LogP contribution in [0.2, 0.25) is 0 Å². The molecule has 0 bridgehead atoms. The zero-order valence-corrected chi connectivity index (χ0v) is 27.9. The van der Waals surface area contributed by atoms with Crippen molar-refractivity contribution in [2.24, 2.45) is 10.7 Å². The normalized spacial score (nSPS) is 12.9. The van der Waals surface area contributed by atoms with Crippen LogP contribution in [0.4, 0.5) is 21.1 Å². The molecule has 1 saturated carbocycles. The summed E-state index contributed by atoms with van der Waals surface area (Å²) in [5, 5.41) is 19.0. The number of ether oxygens (including phenoxy) is 2. The van der Waals surface area contributed by atoms with Gasteiger partial charge in [0.2, 0.25) is 5.91 Å². The highest BCUT2D eigenvalue weighted by atomic mass is 16.6. The van der Waals surface area contributed by atoms with Crippen LogP contribution in [0.15, 0.2) is 88.8 Å². The lowest BCUT2D eigenvalue weighted by atomic mass is 10.1. The molecule has 260 valence electrons. The summed E-state index contributed by atoms with van der Waals surface area (Å²) in [5.41, 5.74) is 7.59. The first-order valence-corrected chi connectivity index (χ1v) is 15.9. The zero-order chi connectivity index (χ0) is 35.8. The second-order valence-corrected chi connectivity index (χ2v) is 12.7. The van der Waals surface area contributed by atoms with Gasteiger partial charge in [-0.3, -0.25) is 19.5 Å². The van der Waals surface area contributed by atoms with E-state index in [1.54, 1.807) is 51.1 Å². The number of anilines is 2. The standard InChI is InChI=1S/C36H39N7O7/c1-36(2,3)50-35(48)41-27-15-25(16-28(44)17-27)29-19-39-32(40-26-13-14-26)33(46)43(29)20-30(45)38-18-22-9-11-24(12-10-22)31(37)42-34(47)49-21-23-7-5-4-6-8-23/h4-12,15-17,19,26,44H,13-14,18,20-21H2,1-3H3,(H,38,45)(H,39,40)(H,41,48)(H2,37,42,47). The molecule has 6 N–H and O–H groups in total. The summed E-state index contributed by atoms with van der Waals surface area (Å²) in [4.78, 5) is 59.4. The number of aliphatic imine (C=N–C) groups is 1. The fourth-order valence-electron chi connectivity index (χ4n) is 4.76. The van der Waals surface area contributed by atoms with Crippen molar-refractivity contribution in [2.45, 2.75) is 65.0 Å². The van der Waals surface area contributed by atoms with E-state index in [9.17, 15) is 24.3 Å². The Morgan fingerprint density at radius 3 is 2.42 bits per heavy atom. The summed E-state index contributed by atoms with van der Waals surface area (Å²) >= 11 is 0. The molecule has 0 unspecified atom stereocenters. The summed E-state index contributed by atoms with van der Waals surface area (Å²) in [6, 6.07) is 20.4. The Kier molecular flexibility index (Phi) is 10.8. The first kappa shape index (κ1) is 35.1. The van der Waals surface area contributed by atoms with Crippen LogP contribution in [-0.2, 0) is 34.0 Å². The maximum absolute atomic E-state index is 13.6. The lowest BCUT2D eigenvalue weighted by molar-refractivity contribution is -0.121. The van der Waals surface area contributed by atoms with Gasteiger partial charge in [-0.25, -0.2) is 14.6 Å². The predicted molar refractivity (Wildman–Crippen MR) is 188 cm³/mol. The second kappa shape index (κ2) is 15.4. The molecule has 0 spiro atoms. The van der Waals surface area contributed by atoms with Gasteiger partial charge in [-0.15, -0.1) is 0 Å². The molecule has 0 aliphatic heterocycles. The smallest absolute Gasteiger partial charge is 0.435 e. The Morgan fingerprint density at radius 2 is 1.74 bits per heavy atom. The highest BCUT2D eigenvalue weighted by molar-refractivity contribution is 6.02. The molecule has 1 aromatic heterocycles. The van der Waals surface area contributed by atoms with E-state index in [0.29, 0.717) is 11.1 Å². The molecule has 3 amide bonds. The van der Waals surface area contributed by atoms with Gasteiger partial charge in [0.1, 0.15) is 30.3 Å². The van der Waals surface area contributed by atoms with E-state index in [-0.39, 0.29) is 54.5 Å². The molecule has 1 aliphatic carbocycles. The molecule has 50 heavy (non-hydrogen) atoms. The number of phenolic OH excluding ortho intramolecular Hbond substituents is 1. The Labute approximate surface area is 288 Å². The highest BCUT2D eigenvalue weighted by Gasteiger charge is 2.24. The fourth-order valence-corrected chi connectivity index (χ4v) is 4.76. The fraction of sp³-hybridized carbons (Fsp3) is 0.278.